The Kier molecular flexibility index (Phi) is 5.86. The van der Waals surface area contributed by atoms with E-state index in [1.165, 1.54) is 49.1 Å². The fourth-order valence-corrected chi connectivity index (χ4v) is 3.85. The van der Waals surface area contributed by atoms with Crippen LogP contribution < -0.4 is 5.32 Å². The molecule has 1 aliphatic carbocycles. The molecule has 0 aliphatic heterocycles. The third-order valence-electron chi connectivity index (χ3n) is 5.11. The Morgan fingerprint density at radius 3 is 2.62 bits per heavy atom. The first-order valence-electron chi connectivity index (χ1n) is 8.82. The molecule has 1 fully saturated rings. The predicted octanol–water partition coefficient (Wildman–Crippen LogP) is 4.18. The molecule has 1 aromatic rings. The summed E-state index contributed by atoms with van der Waals surface area (Å²) < 4.78 is 2.37. The van der Waals surface area contributed by atoms with Gasteiger partial charge >= 0.3 is 0 Å². The summed E-state index contributed by atoms with van der Waals surface area (Å²) in [7, 11) is 0. The number of nitrogens with one attached hydrogen (secondary N) is 1. The van der Waals surface area contributed by atoms with E-state index in [1.54, 1.807) is 0 Å². The van der Waals surface area contributed by atoms with Crippen LogP contribution in [0.25, 0.3) is 0 Å². The second-order valence-electron chi connectivity index (χ2n) is 6.97. The van der Waals surface area contributed by atoms with Crippen molar-refractivity contribution in [3.8, 4) is 0 Å². The van der Waals surface area contributed by atoms with Crippen molar-refractivity contribution in [1.82, 2.24) is 15.1 Å². The van der Waals surface area contributed by atoms with Crippen molar-refractivity contribution in [2.24, 2.45) is 5.92 Å². The largest absolute Gasteiger partial charge is 0.314 e. The molecule has 0 saturated heterocycles. The van der Waals surface area contributed by atoms with Gasteiger partial charge < -0.3 is 5.32 Å². The first kappa shape index (κ1) is 16.5. The number of rotatable bonds is 6. The minimum absolute atomic E-state index is 0.559. The second kappa shape index (κ2) is 7.44. The van der Waals surface area contributed by atoms with Gasteiger partial charge in [0, 0.05) is 11.7 Å². The zero-order valence-electron chi connectivity index (χ0n) is 14.6. The Morgan fingerprint density at radius 2 is 1.95 bits per heavy atom. The first-order valence-corrected chi connectivity index (χ1v) is 8.82. The molecule has 3 heteroatoms. The van der Waals surface area contributed by atoms with E-state index in [2.05, 4.69) is 44.6 Å². The zero-order chi connectivity index (χ0) is 15.4. The summed E-state index contributed by atoms with van der Waals surface area (Å²) in [6, 6.07) is 1.19. The molecule has 120 valence electrons. The second-order valence-corrected chi connectivity index (χ2v) is 6.97. The van der Waals surface area contributed by atoms with Crippen LogP contribution in [-0.2, 0) is 6.42 Å². The highest BCUT2D eigenvalue weighted by Gasteiger charge is 2.28. The molecule has 21 heavy (non-hydrogen) atoms. The molecule has 1 saturated carbocycles. The summed E-state index contributed by atoms with van der Waals surface area (Å²) >= 11 is 0. The number of hydrogen-bond donors (Lipinski definition) is 1. The van der Waals surface area contributed by atoms with E-state index < -0.39 is 0 Å². The van der Waals surface area contributed by atoms with E-state index in [9.17, 15) is 0 Å². The Balaban J connectivity index is 2.13. The number of hydrogen-bond acceptors (Lipinski definition) is 2. The quantitative estimate of drug-likeness (QED) is 0.852. The molecule has 0 radical (unpaired) electrons. The van der Waals surface area contributed by atoms with Gasteiger partial charge in [-0.15, -0.1) is 0 Å². The van der Waals surface area contributed by atoms with Crippen LogP contribution in [0.4, 0.5) is 0 Å². The fourth-order valence-electron chi connectivity index (χ4n) is 3.85. The summed E-state index contributed by atoms with van der Waals surface area (Å²) in [6.45, 7) is 12.2. The average molecular weight is 291 g/mol. The van der Waals surface area contributed by atoms with Gasteiger partial charge in [-0.05, 0) is 51.1 Å². The molecular weight excluding hydrogens is 258 g/mol. The van der Waals surface area contributed by atoms with Crippen LogP contribution in [0.2, 0.25) is 0 Å². The maximum atomic E-state index is 4.92. The monoisotopic (exact) mass is 291 g/mol. The smallest absolute Gasteiger partial charge is 0.0629 e. The molecule has 1 aliphatic rings. The maximum absolute atomic E-state index is 4.92. The summed E-state index contributed by atoms with van der Waals surface area (Å²) in [5, 5.41) is 8.44. The lowest BCUT2D eigenvalue weighted by Gasteiger charge is -2.32. The van der Waals surface area contributed by atoms with E-state index in [1.807, 2.05) is 0 Å². The van der Waals surface area contributed by atoms with Crippen LogP contribution in [0.1, 0.15) is 75.9 Å². The minimum Gasteiger partial charge on any atom is -0.314 e. The normalized spacial score (nSPS) is 23.0. The van der Waals surface area contributed by atoms with Crippen molar-refractivity contribution in [3.63, 3.8) is 0 Å². The molecule has 0 spiro atoms. The van der Waals surface area contributed by atoms with Crippen molar-refractivity contribution in [3.05, 3.63) is 17.0 Å². The maximum Gasteiger partial charge on any atom is 0.0629 e. The minimum atomic E-state index is 0.559. The van der Waals surface area contributed by atoms with Gasteiger partial charge in [0.2, 0.25) is 0 Å². The van der Waals surface area contributed by atoms with Crippen molar-refractivity contribution >= 4 is 0 Å². The molecule has 2 rings (SSSR count). The van der Waals surface area contributed by atoms with Crippen LogP contribution in [0.15, 0.2) is 0 Å². The van der Waals surface area contributed by atoms with E-state index in [0.717, 1.165) is 18.9 Å². The van der Waals surface area contributed by atoms with Gasteiger partial charge in [0.25, 0.3) is 0 Å². The Hall–Kier alpha value is -0.830. The van der Waals surface area contributed by atoms with Crippen molar-refractivity contribution < 1.29 is 0 Å². The lowest BCUT2D eigenvalue weighted by molar-refractivity contribution is 0.214. The Morgan fingerprint density at radius 1 is 1.24 bits per heavy atom. The van der Waals surface area contributed by atoms with E-state index in [4.69, 9.17) is 5.10 Å². The molecule has 0 amide bonds. The molecule has 0 bridgehead atoms. The van der Waals surface area contributed by atoms with Gasteiger partial charge in [-0.25, -0.2) is 0 Å². The van der Waals surface area contributed by atoms with Gasteiger partial charge in [-0.2, -0.15) is 5.10 Å². The summed E-state index contributed by atoms with van der Waals surface area (Å²) in [5.41, 5.74) is 4.10. The van der Waals surface area contributed by atoms with Gasteiger partial charge in [-0.1, -0.05) is 40.0 Å². The molecule has 3 nitrogen and oxygen atoms in total. The van der Waals surface area contributed by atoms with Crippen molar-refractivity contribution in [1.29, 1.82) is 0 Å². The van der Waals surface area contributed by atoms with E-state index >= 15 is 0 Å². The molecule has 0 aromatic carbocycles. The molecule has 1 N–H and O–H groups in total. The highest BCUT2D eigenvalue weighted by molar-refractivity contribution is 5.25. The van der Waals surface area contributed by atoms with E-state index in [0.29, 0.717) is 12.1 Å². The summed E-state index contributed by atoms with van der Waals surface area (Å²) in [5.74, 6) is 0.818. The Labute approximate surface area is 130 Å². The molecule has 1 heterocycles. The number of aryl methyl sites for hydroxylation is 1. The average Bonchev–Trinajstić information content (AvgIpc) is 2.74. The van der Waals surface area contributed by atoms with Gasteiger partial charge in [0.05, 0.1) is 11.7 Å². The fraction of sp³-hybridized carbons (Fsp3) is 0.833. The first-order chi connectivity index (χ1) is 10.0. The molecular formula is C18H33N3. The van der Waals surface area contributed by atoms with Crippen LogP contribution in [-0.4, -0.2) is 22.4 Å². The van der Waals surface area contributed by atoms with Crippen LogP contribution in [0, 0.1) is 19.8 Å². The van der Waals surface area contributed by atoms with Gasteiger partial charge in [0.15, 0.2) is 0 Å². The lowest BCUT2D eigenvalue weighted by atomic mass is 9.83. The predicted molar refractivity (Wildman–Crippen MR) is 89.8 cm³/mol. The highest BCUT2D eigenvalue weighted by atomic mass is 15.3. The van der Waals surface area contributed by atoms with Crippen molar-refractivity contribution in [2.45, 2.75) is 85.2 Å². The third-order valence-corrected chi connectivity index (χ3v) is 5.11. The SMILES string of the molecule is CCC1CCCCC1n1nc(C)c(CCNC(C)C)c1C. The lowest BCUT2D eigenvalue weighted by Crippen LogP contribution is -2.26. The highest BCUT2D eigenvalue weighted by Crippen LogP contribution is 2.37. The standard InChI is InChI=1S/C18H33N3/c1-6-16-9-7-8-10-18(16)21-15(5)17(14(4)20-21)11-12-19-13(2)3/h13,16,18-19H,6-12H2,1-5H3. The molecule has 1 aromatic heterocycles. The molecule has 2 atom stereocenters. The summed E-state index contributed by atoms with van der Waals surface area (Å²) in [4.78, 5) is 0. The zero-order valence-corrected chi connectivity index (χ0v) is 14.6. The van der Waals surface area contributed by atoms with Crippen LogP contribution in [0.3, 0.4) is 0 Å². The topological polar surface area (TPSA) is 29.9 Å². The molecule has 2 unspecified atom stereocenters. The third kappa shape index (κ3) is 3.88. The van der Waals surface area contributed by atoms with Gasteiger partial charge in [0.1, 0.15) is 0 Å². The summed E-state index contributed by atoms with van der Waals surface area (Å²) in [6.07, 6.45) is 7.84. The number of aromatic nitrogens is 2. The van der Waals surface area contributed by atoms with E-state index in [-0.39, 0.29) is 0 Å². The Bertz CT molecular complexity index is 448. The number of nitrogens with zero attached hydrogens (tertiary/aromatic N) is 2. The van der Waals surface area contributed by atoms with Gasteiger partial charge in [-0.3, -0.25) is 4.68 Å². The van der Waals surface area contributed by atoms with Crippen molar-refractivity contribution in [2.75, 3.05) is 6.54 Å². The van der Waals surface area contributed by atoms with Crippen LogP contribution in [0.5, 0.6) is 0 Å². The van der Waals surface area contributed by atoms with Crippen LogP contribution >= 0.6 is 0 Å².